The Labute approximate surface area is 212 Å². The number of hydrogen-bond donors (Lipinski definition) is 2. The number of rotatable bonds is 9. The maximum Gasteiger partial charge on any atom is 0.513 e. The van der Waals surface area contributed by atoms with Crippen LogP contribution < -0.4 is 20.1 Å². The molecule has 3 aromatic rings. The minimum Gasteiger partial charge on any atom is -0.482 e. The van der Waals surface area contributed by atoms with Gasteiger partial charge in [-0.3, -0.25) is 9.59 Å². The zero-order valence-corrected chi connectivity index (χ0v) is 20.2. The molecule has 0 spiro atoms. The predicted octanol–water partition coefficient (Wildman–Crippen LogP) is 5.48. The molecule has 0 saturated carbocycles. The number of amides is 2. The Morgan fingerprint density at radius 2 is 1.71 bits per heavy atom. The van der Waals surface area contributed by atoms with Gasteiger partial charge in [0, 0.05) is 22.8 Å². The van der Waals surface area contributed by atoms with Crippen LogP contribution in [0.4, 0.5) is 10.5 Å². The summed E-state index contributed by atoms with van der Waals surface area (Å²) in [5, 5.41) is 6.31. The second kappa shape index (κ2) is 12.6. The van der Waals surface area contributed by atoms with E-state index in [9.17, 15) is 14.4 Å². The lowest BCUT2D eigenvalue weighted by molar-refractivity contribution is -0.118. The van der Waals surface area contributed by atoms with Crippen LogP contribution in [0, 0.1) is 0 Å². The second-order valence-corrected chi connectivity index (χ2v) is 7.95. The number of carbonyl (C=O) groups is 3. The summed E-state index contributed by atoms with van der Waals surface area (Å²) in [5.41, 5.74) is 1.72. The highest BCUT2D eigenvalue weighted by molar-refractivity contribution is 6.35. The highest BCUT2D eigenvalue weighted by Crippen LogP contribution is 2.27. The molecular formula is C25H22Cl2N2O6. The summed E-state index contributed by atoms with van der Waals surface area (Å²) in [6.45, 7) is 1.88. The standard InChI is InChI=1S/C25H22Cl2N2O6/c1-2-33-25(32)35-20-9-6-17(7-10-20)24(31)28-14-16-4-3-5-19(12-16)29-23(30)15-34-22-11-8-18(26)13-21(22)27/h3-13H,2,14-15H2,1H3,(H,28,31)(H,29,30). The van der Waals surface area contributed by atoms with Crippen molar-refractivity contribution in [1.29, 1.82) is 0 Å². The number of ether oxygens (including phenoxy) is 3. The molecule has 0 unspecified atom stereocenters. The Kier molecular flexibility index (Phi) is 9.34. The molecule has 8 nitrogen and oxygen atoms in total. The van der Waals surface area contributed by atoms with Gasteiger partial charge >= 0.3 is 6.16 Å². The molecule has 10 heteroatoms. The molecule has 0 aliphatic rings. The van der Waals surface area contributed by atoms with E-state index >= 15 is 0 Å². The van der Waals surface area contributed by atoms with Crippen LogP contribution in [0.2, 0.25) is 10.0 Å². The number of hydrogen-bond acceptors (Lipinski definition) is 6. The van der Waals surface area contributed by atoms with Gasteiger partial charge in [0.25, 0.3) is 11.8 Å². The summed E-state index contributed by atoms with van der Waals surface area (Å²) in [4.78, 5) is 36.0. The molecule has 182 valence electrons. The molecular weight excluding hydrogens is 495 g/mol. The molecule has 0 aliphatic carbocycles. The lowest BCUT2D eigenvalue weighted by Gasteiger charge is -2.11. The van der Waals surface area contributed by atoms with Gasteiger partial charge in [0.1, 0.15) is 11.5 Å². The fraction of sp³-hybridized carbons (Fsp3) is 0.160. The van der Waals surface area contributed by atoms with Crippen molar-refractivity contribution >= 4 is 46.9 Å². The molecule has 3 rings (SSSR count). The van der Waals surface area contributed by atoms with Crippen molar-refractivity contribution in [2.45, 2.75) is 13.5 Å². The van der Waals surface area contributed by atoms with Crippen molar-refractivity contribution in [3.8, 4) is 11.5 Å². The van der Waals surface area contributed by atoms with Crippen LogP contribution >= 0.6 is 23.2 Å². The first-order chi connectivity index (χ1) is 16.8. The van der Waals surface area contributed by atoms with Crippen molar-refractivity contribution in [2.75, 3.05) is 18.5 Å². The molecule has 3 aromatic carbocycles. The summed E-state index contributed by atoms with van der Waals surface area (Å²) in [6.07, 6.45) is -0.808. The Morgan fingerprint density at radius 3 is 2.43 bits per heavy atom. The average molecular weight is 517 g/mol. The molecule has 0 heterocycles. The first-order valence-electron chi connectivity index (χ1n) is 10.5. The van der Waals surface area contributed by atoms with Crippen LogP contribution in [-0.4, -0.2) is 31.2 Å². The van der Waals surface area contributed by atoms with Crippen molar-refractivity contribution in [3.63, 3.8) is 0 Å². The first kappa shape index (κ1) is 25.9. The van der Waals surface area contributed by atoms with Crippen LogP contribution in [-0.2, 0) is 16.1 Å². The second-order valence-electron chi connectivity index (χ2n) is 7.10. The van der Waals surface area contributed by atoms with Crippen LogP contribution in [0.5, 0.6) is 11.5 Å². The zero-order chi connectivity index (χ0) is 25.2. The van der Waals surface area contributed by atoms with Crippen LogP contribution in [0.25, 0.3) is 0 Å². The smallest absolute Gasteiger partial charge is 0.482 e. The summed E-state index contributed by atoms with van der Waals surface area (Å²) < 4.78 is 15.1. The van der Waals surface area contributed by atoms with Crippen molar-refractivity contribution in [1.82, 2.24) is 5.32 Å². The molecule has 0 bridgehead atoms. The number of nitrogens with one attached hydrogen (secondary N) is 2. The summed E-state index contributed by atoms with van der Waals surface area (Å²) in [6, 6.07) is 17.8. The van der Waals surface area contributed by atoms with E-state index in [4.69, 9.17) is 37.4 Å². The van der Waals surface area contributed by atoms with Gasteiger partial charge in [0.05, 0.1) is 11.6 Å². The van der Waals surface area contributed by atoms with Gasteiger partial charge in [0.2, 0.25) is 0 Å². The molecule has 0 fully saturated rings. The molecule has 2 amide bonds. The largest absolute Gasteiger partial charge is 0.513 e. The van der Waals surface area contributed by atoms with E-state index in [1.165, 1.54) is 30.3 Å². The quantitative estimate of drug-likeness (QED) is 0.288. The zero-order valence-electron chi connectivity index (χ0n) is 18.7. The molecule has 0 aliphatic heterocycles. The Morgan fingerprint density at radius 1 is 0.943 bits per heavy atom. The van der Waals surface area contributed by atoms with Gasteiger partial charge in [-0.25, -0.2) is 4.79 Å². The normalized spacial score (nSPS) is 10.3. The monoisotopic (exact) mass is 516 g/mol. The minimum atomic E-state index is -0.808. The van der Waals surface area contributed by atoms with Gasteiger partial charge < -0.3 is 24.8 Å². The number of anilines is 1. The summed E-state index contributed by atoms with van der Waals surface area (Å²) in [7, 11) is 0. The van der Waals surface area contributed by atoms with Crippen molar-refractivity contribution in [2.24, 2.45) is 0 Å². The number of carbonyl (C=O) groups excluding carboxylic acids is 3. The summed E-state index contributed by atoms with van der Waals surface area (Å²) >= 11 is 11.9. The average Bonchev–Trinajstić information content (AvgIpc) is 2.83. The first-order valence-corrected chi connectivity index (χ1v) is 11.3. The molecule has 0 atom stereocenters. The van der Waals surface area contributed by atoms with Gasteiger partial charge in [0.15, 0.2) is 6.61 Å². The fourth-order valence-electron chi connectivity index (χ4n) is 2.89. The number of halogens is 2. The molecule has 0 radical (unpaired) electrons. The van der Waals surface area contributed by atoms with Gasteiger partial charge in [-0.15, -0.1) is 0 Å². The SMILES string of the molecule is CCOC(=O)Oc1ccc(C(=O)NCc2cccc(NC(=O)COc3ccc(Cl)cc3Cl)c2)cc1. The van der Waals surface area contributed by atoms with E-state index in [1.807, 2.05) is 6.07 Å². The number of benzene rings is 3. The Bertz CT molecular complexity index is 1200. The highest BCUT2D eigenvalue weighted by Gasteiger charge is 2.10. The van der Waals surface area contributed by atoms with Crippen molar-refractivity contribution < 1.29 is 28.6 Å². The Hall–Kier alpha value is -3.75. The fourth-order valence-corrected chi connectivity index (χ4v) is 3.36. The third kappa shape index (κ3) is 8.20. The third-order valence-corrected chi connectivity index (χ3v) is 5.03. The molecule has 2 N–H and O–H groups in total. The van der Waals surface area contributed by atoms with E-state index in [2.05, 4.69) is 10.6 Å². The lowest BCUT2D eigenvalue weighted by atomic mass is 10.1. The predicted molar refractivity (Wildman–Crippen MR) is 132 cm³/mol. The summed E-state index contributed by atoms with van der Waals surface area (Å²) in [5.74, 6) is -0.0633. The van der Waals surface area contributed by atoms with E-state index in [1.54, 1.807) is 37.3 Å². The van der Waals surface area contributed by atoms with E-state index < -0.39 is 6.16 Å². The third-order valence-electron chi connectivity index (χ3n) is 4.50. The van der Waals surface area contributed by atoms with Crippen molar-refractivity contribution in [3.05, 3.63) is 87.9 Å². The highest BCUT2D eigenvalue weighted by atomic mass is 35.5. The maximum absolute atomic E-state index is 12.4. The van der Waals surface area contributed by atoms with E-state index in [0.29, 0.717) is 27.0 Å². The minimum absolute atomic E-state index is 0.205. The Balaban J connectivity index is 1.49. The van der Waals surface area contributed by atoms with E-state index in [0.717, 1.165) is 5.56 Å². The molecule has 35 heavy (non-hydrogen) atoms. The topological polar surface area (TPSA) is 103 Å². The van der Waals surface area contributed by atoms with Gasteiger partial charge in [-0.1, -0.05) is 35.3 Å². The van der Waals surface area contributed by atoms with Crippen LogP contribution in [0.3, 0.4) is 0 Å². The molecule has 0 aromatic heterocycles. The van der Waals surface area contributed by atoms with Crippen LogP contribution in [0.1, 0.15) is 22.8 Å². The molecule has 0 saturated heterocycles. The van der Waals surface area contributed by atoms with Gasteiger partial charge in [-0.05, 0) is 67.1 Å². The van der Waals surface area contributed by atoms with E-state index in [-0.39, 0.29) is 37.3 Å². The van der Waals surface area contributed by atoms with Crippen LogP contribution in [0.15, 0.2) is 66.7 Å². The van der Waals surface area contributed by atoms with Gasteiger partial charge in [-0.2, -0.15) is 0 Å². The lowest BCUT2D eigenvalue weighted by Crippen LogP contribution is -2.23. The maximum atomic E-state index is 12.4.